The van der Waals surface area contributed by atoms with Gasteiger partial charge < -0.3 is 10.6 Å². The average molecular weight is 345 g/mol. The van der Waals surface area contributed by atoms with Crippen LogP contribution in [0.15, 0.2) is 66.9 Å². The minimum absolute atomic E-state index is 0.184. The molecule has 5 nitrogen and oxygen atoms in total. The number of rotatable bonds is 4. The molecule has 26 heavy (non-hydrogen) atoms. The molecule has 0 bridgehead atoms. The van der Waals surface area contributed by atoms with Crippen LogP contribution in [0, 0.1) is 13.8 Å². The minimum Gasteiger partial charge on any atom is -0.322 e. The number of aryl methyl sites for hydroxylation is 2. The summed E-state index contributed by atoms with van der Waals surface area (Å²) in [5.74, 6) is -0.646. The van der Waals surface area contributed by atoms with Crippen molar-refractivity contribution < 1.29 is 9.59 Å². The molecule has 0 aliphatic rings. The fraction of sp³-hybridized carbons (Fsp3) is 0.0952. The summed E-state index contributed by atoms with van der Waals surface area (Å²) in [7, 11) is 0. The maximum Gasteiger partial charge on any atom is 0.274 e. The van der Waals surface area contributed by atoms with Gasteiger partial charge in [-0.1, -0.05) is 30.3 Å². The Bertz CT molecular complexity index is 967. The molecule has 0 aliphatic carbocycles. The lowest BCUT2D eigenvalue weighted by Crippen LogP contribution is -2.17. The van der Waals surface area contributed by atoms with Crippen molar-refractivity contribution >= 4 is 23.2 Å². The Morgan fingerprint density at radius 2 is 1.65 bits per heavy atom. The normalized spacial score (nSPS) is 10.2. The van der Waals surface area contributed by atoms with Gasteiger partial charge in [0.05, 0.1) is 0 Å². The highest BCUT2D eigenvalue weighted by molar-refractivity contribution is 6.08. The standard InChI is InChI=1S/C21H19N3O2/c1-14-6-5-8-17(12-14)23-21(26)19-13-16(10-11-22-19)20(25)24-18-9-4-3-7-15(18)2/h3-13H,1-2H3,(H,23,26)(H,24,25). The molecule has 0 saturated carbocycles. The Labute approximate surface area is 152 Å². The fourth-order valence-corrected chi connectivity index (χ4v) is 2.52. The van der Waals surface area contributed by atoms with Crippen molar-refractivity contribution in [2.45, 2.75) is 13.8 Å². The first-order valence-corrected chi connectivity index (χ1v) is 8.24. The zero-order chi connectivity index (χ0) is 18.5. The van der Waals surface area contributed by atoms with E-state index in [0.717, 1.165) is 16.8 Å². The van der Waals surface area contributed by atoms with Gasteiger partial charge in [0.1, 0.15) is 5.69 Å². The molecule has 0 radical (unpaired) electrons. The van der Waals surface area contributed by atoms with E-state index in [9.17, 15) is 9.59 Å². The zero-order valence-corrected chi connectivity index (χ0v) is 14.6. The number of pyridine rings is 1. The molecule has 0 unspecified atom stereocenters. The lowest BCUT2D eigenvalue weighted by atomic mass is 10.1. The van der Waals surface area contributed by atoms with Crippen LogP contribution in [0.2, 0.25) is 0 Å². The van der Waals surface area contributed by atoms with Crippen LogP contribution in [-0.4, -0.2) is 16.8 Å². The van der Waals surface area contributed by atoms with Crippen molar-refractivity contribution in [3.05, 3.63) is 89.2 Å². The molecule has 3 rings (SSSR count). The SMILES string of the molecule is Cc1cccc(NC(=O)c2cc(C(=O)Nc3ccccc3C)ccn2)c1. The summed E-state index contributed by atoms with van der Waals surface area (Å²) in [4.78, 5) is 29.0. The van der Waals surface area contributed by atoms with E-state index < -0.39 is 0 Å². The van der Waals surface area contributed by atoms with E-state index in [4.69, 9.17) is 0 Å². The summed E-state index contributed by atoms with van der Waals surface area (Å²) in [5, 5.41) is 5.64. The van der Waals surface area contributed by atoms with Crippen LogP contribution in [0.3, 0.4) is 0 Å². The summed E-state index contributed by atoms with van der Waals surface area (Å²) < 4.78 is 0. The minimum atomic E-state index is -0.360. The van der Waals surface area contributed by atoms with Gasteiger partial charge in [-0.25, -0.2) is 0 Å². The van der Waals surface area contributed by atoms with E-state index in [1.165, 1.54) is 12.3 Å². The van der Waals surface area contributed by atoms with Crippen molar-refractivity contribution in [2.24, 2.45) is 0 Å². The molecule has 0 spiro atoms. The number of carbonyl (C=O) groups is 2. The smallest absolute Gasteiger partial charge is 0.274 e. The van der Waals surface area contributed by atoms with Gasteiger partial charge in [-0.3, -0.25) is 14.6 Å². The Hall–Kier alpha value is -3.47. The summed E-state index contributed by atoms with van der Waals surface area (Å²) in [5.41, 5.74) is 3.99. The van der Waals surface area contributed by atoms with Gasteiger partial charge in [0.25, 0.3) is 11.8 Å². The summed E-state index contributed by atoms with van der Waals surface area (Å²) in [6.45, 7) is 3.87. The molecule has 0 fully saturated rings. The van der Waals surface area contributed by atoms with Crippen molar-refractivity contribution in [2.75, 3.05) is 10.6 Å². The third kappa shape index (κ3) is 4.13. The highest BCUT2D eigenvalue weighted by atomic mass is 16.2. The van der Waals surface area contributed by atoms with Crippen LogP contribution in [-0.2, 0) is 0 Å². The fourth-order valence-electron chi connectivity index (χ4n) is 2.52. The van der Waals surface area contributed by atoms with Gasteiger partial charge in [-0.2, -0.15) is 0 Å². The molecule has 0 saturated heterocycles. The van der Waals surface area contributed by atoms with Gasteiger partial charge in [-0.15, -0.1) is 0 Å². The average Bonchev–Trinajstić information content (AvgIpc) is 2.63. The van der Waals surface area contributed by atoms with Gasteiger partial charge in [0.2, 0.25) is 0 Å². The van der Waals surface area contributed by atoms with Crippen LogP contribution >= 0.6 is 0 Å². The number of amides is 2. The molecule has 0 aliphatic heterocycles. The van der Waals surface area contributed by atoms with Gasteiger partial charge in [-0.05, 0) is 55.3 Å². The molecular formula is C21H19N3O2. The molecule has 3 aromatic rings. The predicted octanol–water partition coefficient (Wildman–Crippen LogP) is 4.20. The molecule has 1 heterocycles. The van der Waals surface area contributed by atoms with Crippen LogP contribution < -0.4 is 10.6 Å². The lowest BCUT2D eigenvalue weighted by Gasteiger charge is -2.09. The van der Waals surface area contributed by atoms with E-state index in [0.29, 0.717) is 11.3 Å². The molecular weight excluding hydrogens is 326 g/mol. The number of para-hydroxylation sites is 1. The van der Waals surface area contributed by atoms with Crippen molar-refractivity contribution in [1.29, 1.82) is 0 Å². The lowest BCUT2D eigenvalue weighted by molar-refractivity contribution is 0.102. The predicted molar refractivity (Wildman–Crippen MR) is 103 cm³/mol. The number of nitrogens with zero attached hydrogens (tertiary/aromatic N) is 1. The zero-order valence-electron chi connectivity index (χ0n) is 14.6. The summed E-state index contributed by atoms with van der Waals surface area (Å²) >= 11 is 0. The number of carbonyl (C=O) groups excluding carboxylic acids is 2. The largest absolute Gasteiger partial charge is 0.322 e. The quantitative estimate of drug-likeness (QED) is 0.744. The topological polar surface area (TPSA) is 71.1 Å². The van der Waals surface area contributed by atoms with Crippen LogP contribution in [0.25, 0.3) is 0 Å². The molecule has 5 heteroatoms. The van der Waals surface area contributed by atoms with Crippen molar-refractivity contribution in [3.8, 4) is 0 Å². The summed E-state index contributed by atoms with van der Waals surface area (Å²) in [6, 6.07) is 18.1. The number of anilines is 2. The Morgan fingerprint density at radius 1 is 0.846 bits per heavy atom. The Morgan fingerprint density at radius 3 is 2.42 bits per heavy atom. The third-order valence-corrected chi connectivity index (χ3v) is 3.92. The Balaban J connectivity index is 1.76. The van der Waals surface area contributed by atoms with E-state index in [2.05, 4.69) is 15.6 Å². The second-order valence-corrected chi connectivity index (χ2v) is 6.02. The first-order chi connectivity index (χ1) is 12.5. The molecule has 1 aromatic heterocycles. The Kier molecular flexibility index (Phi) is 5.08. The number of hydrogen-bond donors (Lipinski definition) is 2. The van der Waals surface area contributed by atoms with Gasteiger partial charge in [0, 0.05) is 23.1 Å². The highest BCUT2D eigenvalue weighted by Gasteiger charge is 2.13. The molecule has 2 aromatic carbocycles. The number of hydrogen-bond acceptors (Lipinski definition) is 3. The second kappa shape index (κ2) is 7.61. The highest BCUT2D eigenvalue weighted by Crippen LogP contribution is 2.15. The maximum atomic E-state index is 12.5. The van der Waals surface area contributed by atoms with Crippen LogP contribution in [0.5, 0.6) is 0 Å². The van der Waals surface area contributed by atoms with Crippen LogP contribution in [0.4, 0.5) is 11.4 Å². The number of benzene rings is 2. The number of nitrogens with one attached hydrogen (secondary N) is 2. The molecule has 2 N–H and O–H groups in total. The first-order valence-electron chi connectivity index (χ1n) is 8.24. The number of aromatic nitrogens is 1. The van der Waals surface area contributed by atoms with Gasteiger partial charge in [0.15, 0.2) is 0 Å². The van der Waals surface area contributed by atoms with Crippen molar-refractivity contribution in [3.63, 3.8) is 0 Å². The maximum absolute atomic E-state index is 12.5. The van der Waals surface area contributed by atoms with E-state index in [1.54, 1.807) is 12.1 Å². The monoisotopic (exact) mass is 345 g/mol. The molecule has 2 amide bonds. The van der Waals surface area contributed by atoms with E-state index in [-0.39, 0.29) is 17.5 Å². The third-order valence-electron chi connectivity index (χ3n) is 3.92. The first kappa shape index (κ1) is 17.4. The van der Waals surface area contributed by atoms with Gasteiger partial charge >= 0.3 is 0 Å². The van der Waals surface area contributed by atoms with E-state index in [1.807, 2.05) is 56.3 Å². The molecule has 0 atom stereocenters. The van der Waals surface area contributed by atoms with Crippen molar-refractivity contribution in [1.82, 2.24) is 4.98 Å². The second-order valence-electron chi connectivity index (χ2n) is 6.02. The molecule has 130 valence electrons. The van der Waals surface area contributed by atoms with E-state index >= 15 is 0 Å². The summed E-state index contributed by atoms with van der Waals surface area (Å²) in [6.07, 6.45) is 1.46. The van der Waals surface area contributed by atoms with Crippen LogP contribution in [0.1, 0.15) is 32.0 Å².